The summed E-state index contributed by atoms with van der Waals surface area (Å²) in [4.78, 5) is 28.3. The Hall–Kier alpha value is -0.920. The fourth-order valence-corrected chi connectivity index (χ4v) is 3.60. The number of hydrogen-bond donors (Lipinski definition) is 0. The summed E-state index contributed by atoms with van der Waals surface area (Å²) in [5.74, 6) is 0.0250. The molecule has 1 fully saturated rings. The lowest BCUT2D eigenvalue weighted by atomic mass is 10.2. The molecule has 0 spiro atoms. The molecule has 20 heavy (non-hydrogen) atoms. The van der Waals surface area contributed by atoms with Crippen LogP contribution < -0.4 is 0 Å². The minimum absolute atomic E-state index is 0.0192. The van der Waals surface area contributed by atoms with Crippen molar-refractivity contribution in [1.82, 2.24) is 9.80 Å². The zero-order valence-electron chi connectivity index (χ0n) is 11.5. The molecule has 5 nitrogen and oxygen atoms in total. The maximum absolute atomic E-state index is 12.4. The van der Waals surface area contributed by atoms with Crippen LogP contribution in [0.4, 0.5) is 0 Å². The molecule has 0 saturated carbocycles. The highest BCUT2D eigenvalue weighted by molar-refractivity contribution is 9.11. The second kappa shape index (κ2) is 6.69. The predicted octanol–water partition coefficient (Wildman–Crippen LogP) is 1.75. The van der Waals surface area contributed by atoms with Gasteiger partial charge in [-0.25, -0.2) is 0 Å². The largest absolute Gasteiger partial charge is 0.375 e. The molecule has 1 saturated heterocycles. The number of hydrogen-bond acceptors (Lipinski definition) is 4. The Balaban J connectivity index is 1.93. The van der Waals surface area contributed by atoms with Crippen LogP contribution in [0.5, 0.6) is 0 Å². The fourth-order valence-electron chi connectivity index (χ4n) is 2.09. The molecule has 1 aromatic heterocycles. The molecule has 2 rings (SSSR count). The molecular weight excluding hydrogens is 344 g/mol. The zero-order chi connectivity index (χ0) is 14.7. The van der Waals surface area contributed by atoms with Crippen molar-refractivity contribution in [2.24, 2.45) is 0 Å². The van der Waals surface area contributed by atoms with Crippen LogP contribution in [0.25, 0.3) is 0 Å². The monoisotopic (exact) mass is 360 g/mol. The number of aryl methyl sites for hydroxylation is 1. The number of carbonyl (C=O) groups is 2. The number of rotatable bonds is 3. The van der Waals surface area contributed by atoms with E-state index in [1.54, 1.807) is 9.80 Å². The molecule has 110 valence electrons. The molecule has 0 unspecified atom stereocenters. The highest BCUT2D eigenvalue weighted by atomic mass is 79.9. The first-order chi connectivity index (χ1) is 9.52. The SMILES string of the molecule is COCC(=O)N1CCN(C(=O)c2cc(C)c(Br)s2)CC1. The third kappa shape index (κ3) is 3.39. The predicted molar refractivity (Wildman–Crippen MR) is 81.1 cm³/mol. The van der Waals surface area contributed by atoms with Crippen LogP contribution in [0, 0.1) is 6.92 Å². The lowest BCUT2D eigenvalue weighted by molar-refractivity contribution is -0.136. The molecule has 1 aromatic rings. The molecule has 2 heterocycles. The molecule has 0 aliphatic carbocycles. The van der Waals surface area contributed by atoms with Crippen LogP contribution in [-0.2, 0) is 9.53 Å². The highest BCUT2D eigenvalue weighted by Gasteiger charge is 2.25. The molecule has 0 radical (unpaired) electrons. The standard InChI is InChI=1S/C13H17BrN2O3S/c1-9-7-10(20-12(9)14)13(18)16-5-3-15(4-6-16)11(17)8-19-2/h7H,3-6,8H2,1-2H3. The third-order valence-electron chi connectivity index (χ3n) is 3.26. The first-order valence-electron chi connectivity index (χ1n) is 6.35. The van der Waals surface area contributed by atoms with Crippen LogP contribution in [0.15, 0.2) is 9.85 Å². The Kier molecular flexibility index (Phi) is 5.17. The van der Waals surface area contributed by atoms with Gasteiger partial charge in [0.05, 0.1) is 8.66 Å². The molecule has 2 amide bonds. The van der Waals surface area contributed by atoms with Gasteiger partial charge in [-0.3, -0.25) is 9.59 Å². The topological polar surface area (TPSA) is 49.9 Å². The smallest absolute Gasteiger partial charge is 0.264 e. The first-order valence-corrected chi connectivity index (χ1v) is 7.95. The van der Waals surface area contributed by atoms with E-state index < -0.39 is 0 Å². The van der Waals surface area contributed by atoms with E-state index in [4.69, 9.17) is 4.74 Å². The Labute approximate surface area is 130 Å². The van der Waals surface area contributed by atoms with Crippen molar-refractivity contribution >= 4 is 39.1 Å². The van der Waals surface area contributed by atoms with E-state index in [1.807, 2.05) is 13.0 Å². The number of thiophene rings is 1. The van der Waals surface area contributed by atoms with Crippen LogP contribution >= 0.6 is 27.3 Å². The molecule has 1 aliphatic heterocycles. The van der Waals surface area contributed by atoms with Crippen molar-refractivity contribution in [3.63, 3.8) is 0 Å². The molecule has 7 heteroatoms. The lowest BCUT2D eigenvalue weighted by Gasteiger charge is -2.34. The molecular formula is C13H17BrN2O3S. The number of ether oxygens (including phenoxy) is 1. The van der Waals surface area contributed by atoms with Gasteiger partial charge in [0.1, 0.15) is 6.61 Å². The van der Waals surface area contributed by atoms with E-state index in [2.05, 4.69) is 15.9 Å². The van der Waals surface area contributed by atoms with E-state index in [0.717, 1.165) is 14.2 Å². The van der Waals surface area contributed by atoms with Gasteiger partial charge in [-0.2, -0.15) is 0 Å². The number of halogens is 1. The van der Waals surface area contributed by atoms with Crippen molar-refractivity contribution < 1.29 is 14.3 Å². The maximum Gasteiger partial charge on any atom is 0.264 e. The second-order valence-electron chi connectivity index (χ2n) is 4.67. The number of amides is 2. The van der Waals surface area contributed by atoms with E-state index in [1.165, 1.54) is 18.4 Å². The summed E-state index contributed by atoms with van der Waals surface area (Å²) in [6.07, 6.45) is 0. The molecule has 0 atom stereocenters. The summed E-state index contributed by atoms with van der Waals surface area (Å²) in [5.41, 5.74) is 1.08. The summed E-state index contributed by atoms with van der Waals surface area (Å²) in [6, 6.07) is 1.90. The third-order valence-corrected chi connectivity index (χ3v) is 5.38. The molecule has 0 N–H and O–H groups in total. The number of nitrogens with zero attached hydrogens (tertiary/aromatic N) is 2. The Bertz CT molecular complexity index is 490. The van der Waals surface area contributed by atoms with Gasteiger partial charge in [0.2, 0.25) is 5.91 Å². The average molecular weight is 361 g/mol. The Morgan fingerprint density at radius 3 is 2.40 bits per heavy atom. The summed E-state index contributed by atoms with van der Waals surface area (Å²) >= 11 is 4.89. The Morgan fingerprint density at radius 2 is 1.90 bits per heavy atom. The number of methoxy groups -OCH3 is 1. The van der Waals surface area contributed by atoms with Crippen LogP contribution in [0.3, 0.4) is 0 Å². The molecule has 1 aliphatic rings. The minimum Gasteiger partial charge on any atom is -0.375 e. The van der Waals surface area contributed by atoms with Gasteiger partial charge in [0, 0.05) is 33.3 Å². The van der Waals surface area contributed by atoms with Crippen molar-refractivity contribution in [3.05, 3.63) is 20.3 Å². The molecule has 0 bridgehead atoms. The Morgan fingerprint density at radius 1 is 1.30 bits per heavy atom. The van der Waals surface area contributed by atoms with Gasteiger partial charge in [0.15, 0.2) is 0 Å². The number of piperazine rings is 1. The van der Waals surface area contributed by atoms with Gasteiger partial charge in [0.25, 0.3) is 5.91 Å². The molecule has 0 aromatic carbocycles. The number of carbonyl (C=O) groups excluding carboxylic acids is 2. The second-order valence-corrected chi connectivity index (χ2v) is 7.04. The normalized spacial score (nSPS) is 15.6. The minimum atomic E-state index is -0.0192. The summed E-state index contributed by atoms with van der Waals surface area (Å²) in [7, 11) is 1.51. The van der Waals surface area contributed by atoms with Crippen LogP contribution in [0.2, 0.25) is 0 Å². The van der Waals surface area contributed by atoms with Gasteiger partial charge in [-0.05, 0) is 34.5 Å². The van der Waals surface area contributed by atoms with Crippen molar-refractivity contribution in [1.29, 1.82) is 0 Å². The van der Waals surface area contributed by atoms with Gasteiger partial charge in [-0.15, -0.1) is 11.3 Å². The van der Waals surface area contributed by atoms with Gasteiger partial charge in [-0.1, -0.05) is 0 Å². The average Bonchev–Trinajstić information content (AvgIpc) is 2.78. The van der Waals surface area contributed by atoms with E-state index >= 15 is 0 Å². The van der Waals surface area contributed by atoms with Gasteiger partial charge >= 0.3 is 0 Å². The van der Waals surface area contributed by atoms with Crippen LogP contribution in [0.1, 0.15) is 15.2 Å². The summed E-state index contributed by atoms with van der Waals surface area (Å²) in [6.45, 7) is 4.36. The fraction of sp³-hybridized carbons (Fsp3) is 0.538. The summed E-state index contributed by atoms with van der Waals surface area (Å²) < 4.78 is 5.84. The van der Waals surface area contributed by atoms with Crippen molar-refractivity contribution in [2.75, 3.05) is 39.9 Å². The zero-order valence-corrected chi connectivity index (χ0v) is 13.9. The van der Waals surface area contributed by atoms with Crippen molar-refractivity contribution in [2.45, 2.75) is 6.92 Å². The van der Waals surface area contributed by atoms with E-state index in [9.17, 15) is 9.59 Å². The van der Waals surface area contributed by atoms with Crippen molar-refractivity contribution in [3.8, 4) is 0 Å². The lowest BCUT2D eigenvalue weighted by Crippen LogP contribution is -2.51. The van der Waals surface area contributed by atoms with E-state index in [0.29, 0.717) is 26.2 Å². The van der Waals surface area contributed by atoms with E-state index in [-0.39, 0.29) is 18.4 Å². The first kappa shape index (κ1) is 15.5. The van der Waals surface area contributed by atoms with Crippen LogP contribution in [-0.4, -0.2) is 61.5 Å². The highest BCUT2D eigenvalue weighted by Crippen LogP contribution is 2.28. The summed E-state index contributed by atoms with van der Waals surface area (Å²) in [5, 5.41) is 0. The van der Waals surface area contributed by atoms with Gasteiger partial charge < -0.3 is 14.5 Å². The quantitative estimate of drug-likeness (QED) is 0.824. The maximum atomic E-state index is 12.4.